The second kappa shape index (κ2) is 18.9. The molecule has 42 heavy (non-hydrogen) atoms. The first-order valence-corrected chi connectivity index (χ1v) is 15.2. The van der Waals surface area contributed by atoms with Gasteiger partial charge < -0.3 is 25.6 Å². The largest absolute Gasteiger partial charge is 0.489 e. The van der Waals surface area contributed by atoms with Crippen LogP contribution >= 0.6 is 0 Å². The Hall–Kier alpha value is -3.46. The van der Waals surface area contributed by atoms with E-state index in [2.05, 4.69) is 34.1 Å². The molecule has 1 heterocycles. The molecule has 2 aromatic carbocycles. The number of hydrogen-bond donors (Lipinski definition) is 3. The summed E-state index contributed by atoms with van der Waals surface area (Å²) in [6.07, 6.45) is 6.34. The van der Waals surface area contributed by atoms with Gasteiger partial charge in [-0.2, -0.15) is 0 Å². The van der Waals surface area contributed by atoms with Crippen molar-refractivity contribution >= 4 is 18.2 Å². The molecule has 2 unspecified atom stereocenters. The van der Waals surface area contributed by atoms with Crippen LogP contribution in [0.15, 0.2) is 42.5 Å². The number of para-hydroxylation sites is 1. The van der Waals surface area contributed by atoms with Crippen LogP contribution in [-0.4, -0.2) is 68.5 Å². The SMILES string of the molecule is CC.CCNC(=O)CN(C)C(=O)C(NCC1CCc2cccc(CCCNC=O)c2O1)C1CC1.Cc1ccc(F)cc1. The van der Waals surface area contributed by atoms with Crippen LogP contribution in [0, 0.1) is 18.7 Å². The molecule has 0 aromatic heterocycles. The molecule has 4 rings (SSSR count). The summed E-state index contributed by atoms with van der Waals surface area (Å²) in [5.41, 5.74) is 3.47. The average Bonchev–Trinajstić information content (AvgIpc) is 3.84. The highest BCUT2D eigenvalue weighted by molar-refractivity contribution is 5.87. The van der Waals surface area contributed by atoms with Gasteiger partial charge in [-0.25, -0.2) is 4.39 Å². The molecule has 3 amide bonds. The second-order valence-electron chi connectivity index (χ2n) is 10.5. The number of likely N-dealkylation sites (N-methyl/N-ethyl adjacent to an activating group) is 2. The van der Waals surface area contributed by atoms with E-state index in [4.69, 9.17) is 4.74 Å². The smallest absolute Gasteiger partial charge is 0.240 e. The van der Waals surface area contributed by atoms with Crippen molar-refractivity contribution in [2.24, 2.45) is 5.92 Å². The van der Waals surface area contributed by atoms with Gasteiger partial charge in [0.1, 0.15) is 17.7 Å². The maximum absolute atomic E-state index is 13.0. The van der Waals surface area contributed by atoms with Crippen LogP contribution in [0.5, 0.6) is 5.75 Å². The van der Waals surface area contributed by atoms with Crippen molar-refractivity contribution in [2.75, 3.05) is 33.2 Å². The van der Waals surface area contributed by atoms with Crippen LogP contribution in [0.1, 0.15) is 63.1 Å². The molecule has 0 bridgehead atoms. The summed E-state index contributed by atoms with van der Waals surface area (Å²) in [6, 6.07) is 12.4. The quantitative estimate of drug-likeness (QED) is 0.242. The van der Waals surface area contributed by atoms with Gasteiger partial charge in [0.05, 0.1) is 12.6 Å². The number of fused-ring (bicyclic) bond motifs is 1. The van der Waals surface area contributed by atoms with Crippen molar-refractivity contribution in [3.63, 3.8) is 0 Å². The maximum atomic E-state index is 13.0. The lowest BCUT2D eigenvalue weighted by Gasteiger charge is -2.30. The third kappa shape index (κ3) is 11.8. The van der Waals surface area contributed by atoms with Gasteiger partial charge in [-0.1, -0.05) is 49.7 Å². The lowest BCUT2D eigenvalue weighted by atomic mass is 9.97. The lowest BCUT2D eigenvalue weighted by Crippen LogP contribution is -2.51. The molecule has 232 valence electrons. The van der Waals surface area contributed by atoms with E-state index < -0.39 is 0 Å². The summed E-state index contributed by atoms with van der Waals surface area (Å²) < 4.78 is 18.5. The van der Waals surface area contributed by atoms with Crippen LogP contribution in [0.3, 0.4) is 0 Å². The number of benzene rings is 2. The number of carbonyl (C=O) groups is 3. The third-order valence-corrected chi connectivity index (χ3v) is 7.12. The van der Waals surface area contributed by atoms with E-state index in [9.17, 15) is 18.8 Å². The standard InChI is InChI=1S/C24H36N4O4.C7H7F.C2H6/c1-3-26-21(30)15-28(2)24(31)22(17-9-10-17)27-14-20-12-11-19-7-4-6-18(23(19)32-20)8-5-13-25-16-29;1-6-2-4-7(8)5-3-6;1-2/h4,6-7,16-17,20,22,27H,3,5,8-15H2,1-2H3,(H,25,29)(H,26,30);2-5H,1H3;1-2H3. The minimum atomic E-state index is -0.274. The van der Waals surface area contributed by atoms with Gasteiger partial charge in [0, 0.05) is 26.7 Å². The van der Waals surface area contributed by atoms with Gasteiger partial charge >= 0.3 is 0 Å². The Kier molecular flexibility index (Phi) is 15.6. The highest BCUT2D eigenvalue weighted by atomic mass is 19.1. The van der Waals surface area contributed by atoms with E-state index >= 15 is 0 Å². The Morgan fingerprint density at radius 1 is 1.12 bits per heavy atom. The number of hydrogen-bond acceptors (Lipinski definition) is 5. The molecule has 0 radical (unpaired) electrons. The molecule has 1 aliphatic carbocycles. The molecule has 2 aliphatic rings. The van der Waals surface area contributed by atoms with Crippen LogP contribution in [0.4, 0.5) is 4.39 Å². The van der Waals surface area contributed by atoms with Gasteiger partial charge in [-0.3, -0.25) is 14.4 Å². The zero-order valence-corrected chi connectivity index (χ0v) is 25.9. The number of amides is 3. The van der Waals surface area contributed by atoms with E-state index in [0.717, 1.165) is 61.8 Å². The van der Waals surface area contributed by atoms with Gasteiger partial charge in [0.2, 0.25) is 18.2 Å². The van der Waals surface area contributed by atoms with E-state index in [0.29, 0.717) is 25.6 Å². The minimum absolute atomic E-state index is 0.000466. The molecule has 1 aliphatic heterocycles. The number of nitrogens with one attached hydrogen (secondary N) is 3. The molecule has 3 N–H and O–H groups in total. The van der Waals surface area contributed by atoms with Crippen molar-refractivity contribution in [2.45, 2.75) is 78.4 Å². The Labute approximate surface area is 250 Å². The van der Waals surface area contributed by atoms with Gasteiger partial charge in [0.15, 0.2) is 0 Å². The fourth-order valence-electron chi connectivity index (χ4n) is 4.77. The normalized spacial score (nSPS) is 15.7. The molecule has 8 nitrogen and oxygen atoms in total. The highest BCUT2D eigenvalue weighted by Gasteiger charge is 2.38. The first kappa shape index (κ1) is 34.7. The minimum Gasteiger partial charge on any atom is -0.489 e. The fraction of sp³-hybridized carbons (Fsp3) is 0.545. The zero-order valence-electron chi connectivity index (χ0n) is 25.9. The summed E-state index contributed by atoms with van der Waals surface area (Å²) in [7, 11) is 1.69. The second-order valence-corrected chi connectivity index (χ2v) is 10.5. The van der Waals surface area contributed by atoms with Crippen LogP contribution in [-0.2, 0) is 27.2 Å². The van der Waals surface area contributed by atoms with Crippen LogP contribution in [0.2, 0.25) is 0 Å². The molecule has 0 spiro atoms. The lowest BCUT2D eigenvalue weighted by molar-refractivity contribution is -0.136. The highest BCUT2D eigenvalue weighted by Crippen LogP contribution is 2.34. The zero-order chi connectivity index (χ0) is 30.9. The summed E-state index contributed by atoms with van der Waals surface area (Å²) >= 11 is 0. The molecule has 0 saturated heterocycles. The number of halogens is 1. The topological polar surface area (TPSA) is 99.8 Å². The first-order valence-electron chi connectivity index (χ1n) is 15.2. The molecule has 2 aromatic rings. The van der Waals surface area contributed by atoms with Crippen molar-refractivity contribution in [3.8, 4) is 5.75 Å². The first-order chi connectivity index (χ1) is 20.3. The molecular weight excluding hydrogens is 535 g/mol. The number of nitrogens with zero attached hydrogens (tertiary/aromatic N) is 1. The molecular formula is C33H49FN4O4. The van der Waals surface area contributed by atoms with E-state index in [-0.39, 0.29) is 36.3 Å². The fourth-order valence-corrected chi connectivity index (χ4v) is 4.77. The monoisotopic (exact) mass is 584 g/mol. The number of carbonyl (C=O) groups excluding carboxylic acids is 3. The third-order valence-electron chi connectivity index (χ3n) is 7.12. The van der Waals surface area contributed by atoms with Crippen molar-refractivity contribution < 1.29 is 23.5 Å². The van der Waals surface area contributed by atoms with Gasteiger partial charge in [0.25, 0.3) is 0 Å². The predicted molar refractivity (Wildman–Crippen MR) is 165 cm³/mol. The van der Waals surface area contributed by atoms with Crippen molar-refractivity contribution in [1.29, 1.82) is 0 Å². The molecule has 2 atom stereocenters. The van der Waals surface area contributed by atoms with Crippen LogP contribution in [0.25, 0.3) is 0 Å². The maximum Gasteiger partial charge on any atom is 0.240 e. The van der Waals surface area contributed by atoms with E-state index in [1.165, 1.54) is 22.6 Å². The van der Waals surface area contributed by atoms with E-state index in [1.54, 1.807) is 19.2 Å². The Morgan fingerprint density at radius 2 is 1.83 bits per heavy atom. The summed E-state index contributed by atoms with van der Waals surface area (Å²) in [6.45, 7) is 9.67. The molecule has 9 heteroatoms. The number of aryl methyl sites for hydroxylation is 3. The Morgan fingerprint density at radius 3 is 2.45 bits per heavy atom. The predicted octanol–water partition coefficient (Wildman–Crippen LogP) is 4.18. The molecule has 1 fully saturated rings. The average molecular weight is 585 g/mol. The molecule has 1 saturated carbocycles. The summed E-state index contributed by atoms with van der Waals surface area (Å²) in [4.78, 5) is 36.8. The van der Waals surface area contributed by atoms with Crippen LogP contribution < -0.4 is 20.7 Å². The summed E-state index contributed by atoms with van der Waals surface area (Å²) in [5.74, 6) is 0.949. The van der Waals surface area contributed by atoms with Crippen molar-refractivity contribution in [3.05, 3.63) is 65.0 Å². The Bertz CT molecular complexity index is 1090. The Balaban J connectivity index is 0.000000525. The number of ether oxygens (including phenoxy) is 1. The van der Waals surface area contributed by atoms with Gasteiger partial charge in [-0.15, -0.1) is 0 Å². The van der Waals surface area contributed by atoms with Crippen molar-refractivity contribution in [1.82, 2.24) is 20.9 Å². The summed E-state index contributed by atoms with van der Waals surface area (Å²) in [5, 5.41) is 8.89. The number of rotatable bonds is 13. The van der Waals surface area contributed by atoms with E-state index in [1.807, 2.05) is 27.7 Å². The van der Waals surface area contributed by atoms with Gasteiger partial charge in [-0.05, 0) is 81.5 Å².